The van der Waals surface area contributed by atoms with E-state index in [2.05, 4.69) is 30.9 Å². The summed E-state index contributed by atoms with van der Waals surface area (Å²) in [5, 5.41) is 0. The standard InChI is InChI=1S/C18H11BrFN5O2/c19-10-3-1-2-9(8-10)16-22-13(15(21)26)14-17(24-16)25(18(27)23-14)12-6-4-11(20)5-7-12/h1-8H,(H2,21,26)(H,23,27). The van der Waals surface area contributed by atoms with Crippen LogP contribution in [0.3, 0.4) is 0 Å². The second-order valence-electron chi connectivity index (χ2n) is 5.71. The molecule has 0 saturated heterocycles. The lowest BCUT2D eigenvalue weighted by Crippen LogP contribution is -2.15. The van der Waals surface area contributed by atoms with E-state index in [4.69, 9.17) is 5.73 Å². The van der Waals surface area contributed by atoms with Crippen LogP contribution in [0.25, 0.3) is 28.2 Å². The Bertz CT molecular complexity index is 1250. The van der Waals surface area contributed by atoms with Gasteiger partial charge in [-0.05, 0) is 36.4 Å². The highest BCUT2D eigenvalue weighted by Crippen LogP contribution is 2.24. The van der Waals surface area contributed by atoms with Crippen LogP contribution < -0.4 is 11.4 Å². The van der Waals surface area contributed by atoms with Crippen LogP contribution in [0.15, 0.2) is 57.8 Å². The zero-order valence-electron chi connectivity index (χ0n) is 13.6. The maximum Gasteiger partial charge on any atom is 0.332 e. The molecule has 0 spiro atoms. The zero-order chi connectivity index (χ0) is 19.1. The van der Waals surface area contributed by atoms with Crippen molar-refractivity contribution in [2.75, 3.05) is 0 Å². The maximum atomic E-state index is 13.2. The van der Waals surface area contributed by atoms with E-state index in [0.29, 0.717) is 11.3 Å². The lowest BCUT2D eigenvalue weighted by Gasteiger charge is -2.07. The molecule has 134 valence electrons. The molecule has 0 fully saturated rings. The molecule has 0 unspecified atom stereocenters. The molecule has 4 rings (SSSR count). The van der Waals surface area contributed by atoms with E-state index in [1.54, 1.807) is 18.2 Å². The smallest absolute Gasteiger partial charge is 0.332 e. The number of H-pyrrole nitrogens is 1. The van der Waals surface area contributed by atoms with Crippen molar-refractivity contribution < 1.29 is 9.18 Å². The first-order chi connectivity index (χ1) is 12.9. The van der Waals surface area contributed by atoms with Crippen molar-refractivity contribution in [3.8, 4) is 17.1 Å². The average Bonchev–Trinajstić information content (AvgIpc) is 2.97. The molecule has 2 aromatic heterocycles. The minimum Gasteiger partial charge on any atom is -0.364 e. The monoisotopic (exact) mass is 427 g/mol. The van der Waals surface area contributed by atoms with Crippen LogP contribution in [0, 0.1) is 5.82 Å². The number of nitrogens with one attached hydrogen (secondary N) is 1. The average molecular weight is 428 g/mol. The summed E-state index contributed by atoms with van der Waals surface area (Å²) >= 11 is 3.37. The van der Waals surface area contributed by atoms with Gasteiger partial charge in [-0.25, -0.2) is 23.7 Å². The fourth-order valence-electron chi connectivity index (χ4n) is 2.75. The third-order valence-corrected chi connectivity index (χ3v) is 4.43. The van der Waals surface area contributed by atoms with Gasteiger partial charge in [0, 0.05) is 10.0 Å². The van der Waals surface area contributed by atoms with Crippen molar-refractivity contribution in [2.24, 2.45) is 5.73 Å². The van der Waals surface area contributed by atoms with Gasteiger partial charge in [-0.1, -0.05) is 28.1 Å². The van der Waals surface area contributed by atoms with Crippen molar-refractivity contribution in [3.05, 3.63) is 75.0 Å². The molecular weight excluding hydrogens is 417 g/mol. The van der Waals surface area contributed by atoms with Gasteiger partial charge in [0.05, 0.1) is 5.69 Å². The van der Waals surface area contributed by atoms with Crippen LogP contribution in [-0.2, 0) is 0 Å². The topological polar surface area (TPSA) is 107 Å². The number of aromatic nitrogens is 4. The van der Waals surface area contributed by atoms with E-state index < -0.39 is 17.4 Å². The van der Waals surface area contributed by atoms with Gasteiger partial charge in [-0.3, -0.25) is 4.79 Å². The number of aromatic amines is 1. The lowest BCUT2D eigenvalue weighted by molar-refractivity contribution is 0.0997. The van der Waals surface area contributed by atoms with Crippen molar-refractivity contribution in [1.29, 1.82) is 0 Å². The van der Waals surface area contributed by atoms with Gasteiger partial charge < -0.3 is 10.7 Å². The number of hydrogen-bond donors (Lipinski definition) is 2. The number of benzene rings is 2. The van der Waals surface area contributed by atoms with Crippen LogP contribution in [0.5, 0.6) is 0 Å². The number of fused-ring (bicyclic) bond motifs is 1. The highest BCUT2D eigenvalue weighted by molar-refractivity contribution is 9.10. The molecule has 4 aromatic rings. The molecule has 0 aliphatic carbocycles. The first kappa shape index (κ1) is 17.1. The van der Waals surface area contributed by atoms with Crippen molar-refractivity contribution in [2.45, 2.75) is 0 Å². The summed E-state index contributed by atoms with van der Waals surface area (Å²) in [6.45, 7) is 0. The summed E-state index contributed by atoms with van der Waals surface area (Å²) in [5.41, 5.74) is 6.13. The molecule has 0 bridgehead atoms. The van der Waals surface area contributed by atoms with Gasteiger partial charge in [0.15, 0.2) is 17.2 Å². The number of halogens is 2. The number of amides is 1. The second-order valence-corrected chi connectivity index (χ2v) is 6.63. The normalized spacial score (nSPS) is 11.0. The van der Waals surface area contributed by atoms with Crippen LogP contribution in [0.4, 0.5) is 4.39 Å². The van der Waals surface area contributed by atoms with Gasteiger partial charge in [0.1, 0.15) is 11.3 Å². The largest absolute Gasteiger partial charge is 0.364 e. The Morgan fingerprint density at radius 3 is 2.56 bits per heavy atom. The van der Waals surface area contributed by atoms with E-state index in [-0.39, 0.29) is 22.7 Å². The Balaban J connectivity index is 2.06. The minimum atomic E-state index is -0.800. The number of carbonyl (C=O) groups is 1. The van der Waals surface area contributed by atoms with Crippen LogP contribution >= 0.6 is 15.9 Å². The number of rotatable bonds is 3. The molecule has 2 aromatic carbocycles. The highest BCUT2D eigenvalue weighted by Gasteiger charge is 2.20. The zero-order valence-corrected chi connectivity index (χ0v) is 15.2. The molecule has 0 aliphatic heterocycles. The Kier molecular flexibility index (Phi) is 4.08. The first-order valence-electron chi connectivity index (χ1n) is 7.78. The van der Waals surface area contributed by atoms with Crippen molar-refractivity contribution in [1.82, 2.24) is 19.5 Å². The van der Waals surface area contributed by atoms with Crippen LogP contribution in [0.2, 0.25) is 0 Å². The number of nitrogens with zero attached hydrogens (tertiary/aromatic N) is 3. The minimum absolute atomic E-state index is 0.104. The Morgan fingerprint density at radius 1 is 1.15 bits per heavy atom. The van der Waals surface area contributed by atoms with E-state index >= 15 is 0 Å². The molecule has 0 atom stereocenters. The van der Waals surface area contributed by atoms with Gasteiger partial charge in [-0.15, -0.1) is 0 Å². The number of carbonyl (C=O) groups excluding carboxylic acids is 1. The lowest BCUT2D eigenvalue weighted by atomic mass is 10.2. The number of nitrogens with two attached hydrogens (primary N) is 1. The molecule has 1 amide bonds. The Hall–Kier alpha value is -3.33. The molecule has 2 heterocycles. The number of imidazole rings is 1. The molecular formula is C18H11BrFN5O2. The highest BCUT2D eigenvalue weighted by atomic mass is 79.9. The third-order valence-electron chi connectivity index (χ3n) is 3.94. The summed E-state index contributed by atoms with van der Waals surface area (Å²) < 4.78 is 15.3. The van der Waals surface area contributed by atoms with Crippen molar-refractivity contribution in [3.63, 3.8) is 0 Å². The van der Waals surface area contributed by atoms with Gasteiger partial charge in [-0.2, -0.15) is 0 Å². The van der Waals surface area contributed by atoms with Gasteiger partial charge in [0.2, 0.25) is 0 Å². The van der Waals surface area contributed by atoms with Crippen molar-refractivity contribution >= 4 is 33.0 Å². The molecule has 27 heavy (non-hydrogen) atoms. The molecule has 7 nitrogen and oxygen atoms in total. The maximum absolute atomic E-state index is 13.2. The van der Waals surface area contributed by atoms with E-state index in [0.717, 1.165) is 4.47 Å². The molecule has 3 N–H and O–H groups in total. The van der Waals surface area contributed by atoms with Gasteiger partial charge in [0.25, 0.3) is 5.91 Å². The SMILES string of the molecule is NC(=O)c1nc(-c2cccc(Br)c2)nc2c1[nH]c(=O)n2-c1ccc(F)cc1. The number of primary amides is 1. The molecule has 9 heteroatoms. The number of hydrogen-bond acceptors (Lipinski definition) is 4. The summed E-state index contributed by atoms with van der Waals surface area (Å²) in [6.07, 6.45) is 0. The predicted octanol–water partition coefficient (Wildman–Crippen LogP) is 2.78. The van der Waals surface area contributed by atoms with Crippen LogP contribution in [0.1, 0.15) is 10.5 Å². The second kappa shape index (κ2) is 6.44. The Labute approximate surface area is 159 Å². The Morgan fingerprint density at radius 2 is 1.89 bits per heavy atom. The van der Waals surface area contributed by atoms with E-state index in [1.807, 2.05) is 6.07 Å². The quantitative estimate of drug-likeness (QED) is 0.523. The fraction of sp³-hybridized carbons (Fsp3) is 0. The predicted molar refractivity (Wildman–Crippen MR) is 101 cm³/mol. The van der Waals surface area contributed by atoms with Crippen LogP contribution in [-0.4, -0.2) is 25.4 Å². The fourth-order valence-corrected chi connectivity index (χ4v) is 3.15. The third kappa shape index (κ3) is 3.02. The summed E-state index contributed by atoms with van der Waals surface area (Å²) in [5.74, 6) is -1.01. The first-order valence-corrected chi connectivity index (χ1v) is 8.58. The van der Waals surface area contributed by atoms with E-state index in [1.165, 1.54) is 28.8 Å². The molecule has 0 saturated carbocycles. The summed E-state index contributed by atoms with van der Waals surface area (Å²) in [6, 6.07) is 12.5. The molecule has 0 radical (unpaired) electrons. The summed E-state index contributed by atoms with van der Waals surface area (Å²) in [7, 11) is 0. The summed E-state index contributed by atoms with van der Waals surface area (Å²) in [4.78, 5) is 35.6. The van der Waals surface area contributed by atoms with E-state index in [9.17, 15) is 14.0 Å². The molecule has 0 aliphatic rings. The van der Waals surface area contributed by atoms with Gasteiger partial charge >= 0.3 is 5.69 Å².